The SMILES string of the molecule is CCCC(NC(=O)[C@@H](CC(=O)[C@H](C)[C@@H](OC)[C@@H]1CCCN1C(=O)C[C@@H](OC)C([C@@H](C)CC)N(C)C(=O)[C@@H](CC(=O)[C@H](C(C)C)N(C)C(C)C)C(C)C)Cc1ccccc1)OC=O. The lowest BCUT2D eigenvalue weighted by molar-refractivity contribution is -0.149. The molecule has 0 aliphatic carbocycles. The third kappa shape index (κ3) is 15.2. The largest absolute Gasteiger partial charge is 0.444 e. The Morgan fingerprint density at radius 1 is 0.871 bits per heavy atom. The van der Waals surface area contributed by atoms with Gasteiger partial charge in [0.25, 0.3) is 6.47 Å². The van der Waals surface area contributed by atoms with Gasteiger partial charge in [-0.3, -0.25) is 33.7 Å². The summed E-state index contributed by atoms with van der Waals surface area (Å²) < 4.78 is 17.3. The van der Waals surface area contributed by atoms with Crippen LogP contribution in [0.4, 0.5) is 0 Å². The van der Waals surface area contributed by atoms with Crippen molar-refractivity contribution in [3.8, 4) is 0 Å². The minimum atomic E-state index is -0.797. The minimum absolute atomic E-state index is 0.0133. The van der Waals surface area contributed by atoms with Crippen LogP contribution in [0.25, 0.3) is 0 Å². The first kappa shape index (κ1) is 54.5. The van der Waals surface area contributed by atoms with Crippen molar-refractivity contribution in [1.29, 1.82) is 0 Å². The standard InChI is InChI=1S/C49H82N4O9/c1-15-21-43(62-30-54)50-48(58)37(26-36-22-18-17-19-23-36)27-40(55)35(10)47(61-14)39-24-20-25-53(39)44(57)29-42(60-13)46(34(9)16-2)52(12)49(59)38(31(3)4)28-41(56)45(32(5)6)51(11)33(7)8/h17-19,22-23,30-35,37-39,42-43,45-47H,15-16,20-21,24-29H2,1-14H3,(H,50,58)/t34-,35-,37+,38-,39-,42+,43?,45-,46?,47+/m0/s1. The fraction of sp³-hybridized carbons (Fsp3) is 0.755. The van der Waals surface area contributed by atoms with Gasteiger partial charge in [0.15, 0.2) is 12.0 Å². The van der Waals surface area contributed by atoms with E-state index in [9.17, 15) is 28.8 Å². The summed E-state index contributed by atoms with van der Waals surface area (Å²) in [6.45, 7) is 20.8. The zero-order valence-electron chi connectivity index (χ0n) is 40.6. The number of ether oxygens (including phenoxy) is 3. The molecular weight excluding hydrogens is 789 g/mol. The Morgan fingerprint density at radius 3 is 2.03 bits per heavy atom. The molecule has 1 aromatic carbocycles. The van der Waals surface area contributed by atoms with Gasteiger partial charge in [0.1, 0.15) is 5.78 Å². The third-order valence-corrected chi connectivity index (χ3v) is 13.3. The van der Waals surface area contributed by atoms with Gasteiger partial charge < -0.3 is 29.3 Å². The van der Waals surface area contributed by atoms with E-state index >= 15 is 0 Å². The van der Waals surface area contributed by atoms with Gasteiger partial charge in [-0.2, -0.15) is 0 Å². The molecule has 10 atom stereocenters. The van der Waals surface area contributed by atoms with Crippen molar-refractivity contribution in [2.75, 3.05) is 34.9 Å². The molecule has 0 spiro atoms. The van der Waals surface area contributed by atoms with Crippen LogP contribution >= 0.6 is 0 Å². The Kier molecular flexibility index (Phi) is 23.6. The number of hydrogen-bond acceptors (Lipinski definition) is 10. The average molecular weight is 871 g/mol. The highest BCUT2D eigenvalue weighted by atomic mass is 16.5. The quantitative estimate of drug-likeness (QED) is 0.0678. The molecule has 3 amide bonds. The molecule has 0 aromatic heterocycles. The molecule has 1 saturated heterocycles. The Labute approximate surface area is 373 Å². The normalized spacial score (nSPS) is 18.7. The lowest BCUT2D eigenvalue weighted by Crippen LogP contribution is -2.54. The summed E-state index contributed by atoms with van der Waals surface area (Å²) in [6, 6.07) is 8.49. The van der Waals surface area contributed by atoms with Crippen LogP contribution in [0.3, 0.4) is 0 Å². The second-order valence-electron chi connectivity index (χ2n) is 18.6. The summed E-state index contributed by atoms with van der Waals surface area (Å²) in [5.41, 5.74) is 0.894. The molecule has 1 fully saturated rings. The number of nitrogens with one attached hydrogen (secondary N) is 1. The van der Waals surface area contributed by atoms with Gasteiger partial charge in [0, 0.05) is 70.9 Å². The third-order valence-electron chi connectivity index (χ3n) is 13.3. The summed E-state index contributed by atoms with van der Waals surface area (Å²) >= 11 is 0. The summed E-state index contributed by atoms with van der Waals surface area (Å²) in [5.74, 6) is -2.74. The van der Waals surface area contributed by atoms with E-state index in [-0.39, 0.29) is 78.4 Å². The predicted octanol–water partition coefficient (Wildman–Crippen LogP) is 6.74. The second-order valence-corrected chi connectivity index (χ2v) is 18.6. The van der Waals surface area contributed by atoms with Crippen LogP contribution in [0.2, 0.25) is 0 Å². The molecule has 1 aliphatic heterocycles. The van der Waals surface area contributed by atoms with Gasteiger partial charge in [-0.1, -0.05) is 98.6 Å². The van der Waals surface area contributed by atoms with E-state index < -0.39 is 48.3 Å². The highest BCUT2D eigenvalue weighted by Crippen LogP contribution is 2.32. The van der Waals surface area contributed by atoms with Crippen molar-refractivity contribution >= 4 is 35.8 Å². The maximum atomic E-state index is 14.5. The summed E-state index contributed by atoms with van der Waals surface area (Å²) in [5, 5.41) is 2.82. The number of methoxy groups -OCH3 is 2. The molecule has 1 heterocycles. The number of likely N-dealkylation sites (N-methyl/N-ethyl adjacent to an activating group) is 2. The first-order valence-electron chi connectivity index (χ1n) is 23.1. The topological polar surface area (TPSA) is 152 Å². The van der Waals surface area contributed by atoms with Crippen molar-refractivity contribution in [1.82, 2.24) is 20.0 Å². The first-order valence-corrected chi connectivity index (χ1v) is 23.1. The zero-order chi connectivity index (χ0) is 46.8. The van der Waals surface area contributed by atoms with E-state index in [4.69, 9.17) is 14.2 Å². The van der Waals surface area contributed by atoms with Crippen molar-refractivity contribution in [2.24, 2.45) is 35.5 Å². The monoisotopic (exact) mass is 871 g/mol. The zero-order valence-corrected chi connectivity index (χ0v) is 40.6. The van der Waals surface area contributed by atoms with Crippen molar-refractivity contribution in [3.63, 3.8) is 0 Å². The van der Waals surface area contributed by atoms with E-state index in [1.165, 1.54) is 0 Å². The van der Waals surface area contributed by atoms with Crippen LogP contribution in [-0.4, -0.2) is 128 Å². The summed E-state index contributed by atoms with van der Waals surface area (Å²) in [6.07, 6.45) is 1.53. The fourth-order valence-corrected chi connectivity index (χ4v) is 9.30. The van der Waals surface area contributed by atoms with E-state index in [0.29, 0.717) is 38.7 Å². The van der Waals surface area contributed by atoms with Gasteiger partial charge in [0.05, 0.1) is 36.8 Å². The highest BCUT2D eigenvalue weighted by Gasteiger charge is 2.44. The van der Waals surface area contributed by atoms with Crippen LogP contribution in [0.5, 0.6) is 0 Å². The predicted molar refractivity (Wildman–Crippen MR) is 243 cm³/mol. The second kappa shape index (κ2) is 26.8. The van der Waals surface area contributed by atoms with Crippen LogP contribution in [0.15, 0.2) is 30.3 Å². The molecular formula is C49H82N4O9. The molecule has 1 aliphatic rings. The van der Waals surface area contributed by atoms with Crippen LogP contribution < -0.4 is 5.32 Å². The molecule has 2 rings (SSSR count). The van der Waals surface area contributed by atoms with E-state index in [1.807, 2.05) is 72.0 Å². The number of amides is 3. The molecule has 62 heavy (non-hydrogen) atoms. The lowest BCUT2D eigenvalue weighted by Gasteiger charge is -2.41. The van der Waals surface area contributed by atoms with Crippen molar-refractivity contribution < 1.29 is 43.0 Å². The van der Waals surface area contributed by atoms with Gasteiger partial charge in [0.2, 0.25) is 17.7 Å². The molecule has 2 unspecified atom stereocenters. The van der Waals surface area contributed by atoms with Crippen LogP contribution in [0.1, 0.15) is 126 Å². The van der Waals surface area contributed by atoms with Gasteiger partial charge in [-0.15, -0.1) is 0 Å². The molecule has 1 aromatic rings. The van der Waals surface area contributed by atoms with Crippen molar-refractivity contribution in [3.05, 3.63) is 35.9 Å². The number of likely N-dealkylation sites (tertiary alicyclic amines) is 1. The summed E-state index contributed by atoms with van der Waals surface area (Å²) in [7, 11) is 6.85. The Hall–Kier alpha value is -3.68. The molecule has 13 nitrogen and oxygen atoms in total. The number of hydrogen-bond donors (Lipinski definition) is 1. The maximum absolute atomic E-state index is 14.5. The van der Waals surface area contributed by atoms with Crippen LogP contribution in [0, 0.1) is 35.5 Å². The van der Waals surface area contributed by atoms with Gasteiger partial charge in [-0.25, -0.2) is 0 Å². The minimum Gasteiger partial charge on any atom is -0.444 e. The molecule has 0 radical (unpaired) electrons. The lowest BCUT2D eigenvalue weighted by atomic mass is 9.83. The van der Waals surface area contributed by atoms with Crippen molar-refractivity contribution in [2.45, 2.75) is 170 Å². The molecule has 1 N–H and O–H groups in total. The molecule has 0 bridgehead atoms. The number of carbonyl (C=O) groups excluding carboxylic acids is 6. The molecule has 352 valence electrons. The smallest absolute Gasteiger partial charge is 0.295 e. The number of Topliss-reactive ketones (excluding diaryl/α,β-unsaturated/α-hetero) is 2. The van der Waals surface area contributed by atoms with Crippen LogP contribution in [-0.2, 0) is 49.4 Å². The number of nitrogens with zero attached hydrogens (tertiary/aromatic N) is 3. The first-order chi connectivity index (χ1) is 29.3. The number of rotatable bonds is 29. The van der Waals surface area contributed by atoms with E-state index in [1.54, 1.807) is 38.0 Å². The maximum Gasteiger partial charge on any atom is 0.295 e. The molecule has 13 heteroatoms. The van der Waals surface area contributed by atoms with E-state index in [2.05, 4.69) is 37.9 Å². The Bertz CT molecular complexity index is 1550. The van der Waals surface area contributed by atoms with Gasteiger partial charge >= 0.3 is 0 Å². The summed E-state index contributed by atoms with van der Waals surface area (Å²) in [4.78, 5) is 87.4. The highest BCUT2D eigenvalue weighted by molar-refractivity contribution is 5.90. The average Bonchev–Trinajstić information content (AvgIpc) is 3.72. The Morgan fingerprint density at radius 2 is 1.52 bits per heavy atom. The molecule has 0 saturated carbocycles. The van der Waals surface area contributed by atoms with E-state index in [0.717, 1.165) is 18.4 Å². The Balaban J connectivity index is 2.34. The number of carbonyl (C=O) groups is 6. The number of benzene rings is 1. The fourth-order valence-electron chi connectivity index (χ4n) is 9.30. The number of ketones is 2. The van der Waals surface area contributed by atoms with Gasteiger partial charge in [-0.05, 0) is 63.5 Å².